The molecule has 0 unspecified atom stereocenters. The van der Waals surface area contributed by atoms with Gasteiger partial charge in [0.25, 0.3) is 5.91 Å². The van der Waals surface area contributed by atoms with Crippen LogP contribution in [0.3, 0.4) is 0 Å². The molecule has 6 rings (SSSR count). The Bertz CT molecular complexity index is 1500. The molecular formula is C26H20N4O4. The van der Waals surface area contributed by atoms with Gasteiger partial charge in [-0.3, -0.25) is 9.78 Å². The number of aromatic amines is 1. The Morgan fingerprint density at radius 3 is 2.76 bits per heavy atom. The number of furan rings is 1. The first-order chi connectivity index (χ1) is 16.6. The molecule has 2 N–H and O–H groups in total. The van der Waals surface area contributed by atoms with Crippen LogP contribution in [0.1, 0.15) is 22.1 Å². The number of amides is 1. The summed E-state index contributed by atoms with van der Waals surface area (Å²) in [5.41, 5.74) is 4.65. The van der Waals surface area contributed by atoms with Gasteiger partial charge < -0.3 is 24.2 Å². The molecule has 168 valence electrons. The lowest BCUT2D eigenvalue weighted by Crippen LogP contribution is -2.22. The van der Waals surface area contributed by atoms with Crippen molar-refractivity contribution >= 4 is 16.9 Å². The maximum atomic E-state index is 12.7. The van der Waals surface area contributed by atoms with Crippen molar-refractivity contribution in [2.24, 2.45) is 0 Å². The maximum Gasteiger partial charge on any atom is 0.287 e. The molecule has 0 spiro atoms. The number of nitrogens with zero attached hydrogens (tertiary/aromatic N) is 2. The number of carbonyl (C=O) groups is 1. The maximum absolute atomic E-state index is 12.7. The highest BCUT2D eigenvalue weighted by Crippen LogP contribution is 2.38. The molecule has 0 saturated carbocycles. The molecular weight excluding hydrogens is 432 g/mol. The van der Waals surface area contributed by atoms with E-state index in [1.807, 2.05) is 67.6 Å². The van der Waals surface area contributed by atoms with E-state index in [0.717, 1.165) is 28.0 Å². The molecule has 1 aliphatic rings. The van der Waals surface area contributed by atoms with Gasteiger partial charge in [0.1, 0.15) is 11.4 Å². The van der Waals surface area contributed by atoms with Gasteiger partial charge in [-0.2, -0.15) is 0 Å². The summed E-state index contributed by atoms with van der Waals surface area (Å²) in [5, 5.41) is 3.76. The van der Waals surface area contributed by atoms with E-state index >= 15 is 0 Å². The summed E-state index contributed by atoms with van der Waals surface area (Å²) in [4.78, 5) is 25.5. The highest BCUT2D eigenvalue weighted by molar-refractivity contribution is 5.96. The van der Waals surface area contributed by atoms with E-state index in [1.54, 1.807) is 6.07 Å². The molecule has 3 aromatic heterocycles. The van der Waals surface area contributed by atoms with Gasteiger partial charge in [0.05, 0.1) is 23.6 Å². The van der Waals surface area contributed by atoms with Crippen LogP contribution in [0.25, 0.3) is 33.6 Å². The first-order valence-corrected chi connectivity index (χ1v) is 10.8. The third kappa shape index (κ3) is 3.65. The first kappa shape index (κ1) is 20.0. The Kier molecular flexibility index (Phi) is 4.76. The second kappa shape index (κ2) is 8.08. The van der Waals surface area contributed by atoms with E-state index in [9.17, 15) is 4.79 Å². The van der Waals surface area contributed by atoms with Crippen LogP contribution in [0.5, 0.6) is 11.5 Å². The Morgan fingerprint density at radius 1 is 1.00 bits per heavy atom. The molecule has 0 saturated heterocycles. The summed E-state index contributed by atoms with van der Waals surface area (Å²) in [6.45, 7) is 2.33. The zero-order valence-electron chi connectivity index (χ0n) is 18.3. The summed E-state index contributed by atoms with van der Waals surface area (Å²) in [6.07, 6.45) is 0. The summed E-state index contributed by atoms with van der Waals surface area (Å²) in [5.74, 6) is 1.91. The van der Waals surface area contributed by atoms with E-state index in [4.69, 9.17) is 18.9 Å². The number of benzene rings is 2. The van der Waals surface area contributed by atoms with Gasteiger partial charge in [-0.05, 0) is 49.4 Å². The Hall–Kier alpha value is -4.59. The Labute approximate surface area is 194 Å². The zero-order chi connectivity index (χ0) is 23.1. The normalized spacial score (nSPS) is 12.3. The van der Waals surface area contributed by atoms with Gasteiger partial charge in [0.15, 0.2) is 17.3 Å². The fraction of sp³-hybridized carbons (Fsp3) is 0.115. The van der Waals surface area contributed by atoms with Crippen LogP contribution < -0.4 is 14.8 Å². The fourth-order valence-electron chi connectivity index (χ4n) is 3.97. The topological polar surface area (TPSA) is 102 Å². The lowest BCUT2D eigenvalue weighted by molar-refractivity contribution is 0.0924. The van der Waals surface area contributed by atoms with Gasteiger partial charge in [-0.15, -0.1) is 0 Å². The largest absolute Gasteiger partial charge is 0.454 e. The van der Waals surface area contributed by atoms with E-state index < -0.39 is 0 Å². The average molecular weight is 452 g/mol. The van der Waals surface area contributed by atoms with Crippen LogP contribution in [0, 0.1) is 6.92 Å². The molecule has 5 aromatic rings. The van der Waals surface area contributed by atoms with Crippen molar-refractivity contribution in [1.29, 1.82) is 0 Å². The molecule has 0 radical (unpaired) electrons. The number of hydrogen-bond acceptors (Lipinski definition) is 6. The van der Waals surface area contributed by atoms with Crippen molar-refractivity contribution < 1.29 is 18.7 Å². The number of rotatable bonds is 5. The van der Waals surface area contributed by atoms with E-state index in [1.165, 1.54) is 0 Å². The predicted octanol–water partition coefficient (Wildman–Crippen LogP) is 4.85. The highest BCUT2D eigenvalue weighted by atomic mass is 16.7. The van der Waals surface area contributed by atoms with Crippen molar-refractivity contribution in [2.75, 3.05) is 6.79 Å². The smallest absolute Gasteiger partial charge is 0.287 e. The number of ether oxygens (including phenoxy) is 2. The predicted molar refractivity (Wildman–Crippen MR) is 125 cm³/mol. The molecule has 0 atom stereocenters. The summed E-state index contributed by atoms with van der Waals surface area (Å²) < 4.78 is 16.6. The number of H-pyrrole nitrogens is 1. The lowest BCUT2D eigenvalue weighted by atomic mass is 10.1. The number of hydrogen-bond donors (Lipinski definition) is 2. The number of imidazole rings is 1. The summed E-state index contributed by atoms with van der Waals surface area (Å²) in [7, 11) is 0. The molecule has 2 aromatic carbocycles. The average Bonchev–Trinajstić information content (AvgIpc) is 3.59. The summed E-state index contributed by atoms with van der Waals surface area (Å²) >= 11 is 0. The third-order valence-electron chi connectivity index (χ3n) is 5.61. The molecule has 34 heavy (non-hydrogen) atoms. The van der Waals surface area contributed by atoms with Crippen molar-refractivity contribution in [3.8, 4) is 34.1 Å². The van der Waals surface area contributed by atoms with Crippen LogP contribution >= 0.6 is 0 Å². The monoisotopic (exact) mass is 452 g/mol. The number of nitrogens with one attached hydrogen (secondary N) is 2. The molecule has 8 heteroatoms. The molecule has 1 amide bonds. The van der Waals surface area contributed by atoms with Gasteiger partial charge in [0, 0.05) is 16.6 Å². The van der Waals surface area contributed by atoms with Gasteiger partial charge in [0.2, 0.25) is 6.79 Å². The zero-order valence-corrected chi connectivity index (χ0v) is 18.3. The first-order valence-electron chi connectivity index (χ1n) is 10.8. The number of para-hydroxylation sites is 1. The van der Waals surface area contributed by atoms with E-state index in [0.29, 0.717) is 28.6 Å². The minimum Gasteiger partial charge on any atom is -0.454 e. The van der Waals surface area contributed by atoms with Crippen molar-refractivity contribution in [3.05, 3.63) is 84.0 Å². The third-order valence-corrected chi connectivity index (χ3v) is 5.61. The van der Waals surface area contributed by atoms with Gasteiger partial charge in [-0.1, -0.05) is 24.3 Å². The quantitative estimate of drug-likeness (QED) is 0.395. The lowest BCUT2D eigenvalue weighted by Gasteiger charge is -2.04. The van der Waals surface area contributed by atoms with Crippen LogP contribution in [0.15, 0.2) is 71.1 Å². The molecule has 8 nitrogen and oxygen atoms in total. The number of fused-ring (bicyclic) bond motifs is 2. The van der Waals surface area contributed by atoms with Gasteiger partial charge in [-0.25, -0.2) is 4.98 Å². The van der Waals surface area contributed by atoms with E-state index in [-0.39, 0.29) is 25.0 Å². The molecule has 0 aliphatic carbocycles. The number of aromatic nitrogens is 3. The minimum absolute atomic E-state index is 0.194. The van der Waals surface area contributed by atoms with Crippen LogP contribution in [0.2, 0.25) is 0 Å². The van der Waals surface area contributed by atoms with E-state index in [2.05, 4.69) is 15.3 Å². The minimum atomic E-state index is -0.313. The van der Waals surface area contributed by atoms with Crippen LogP contribution in [-0.4, -0.2) is 27.7 Å². The van der Waals surface area contributed by atoms with Crippen molar-refractivity contribution in [1.82, 2.24) is 20.3 Å². The highest BCUT2D eigenvalue weighted by Gasteiger charge is 2.20. The molecule has 1 aliphatic heterocycles. The van der Waals surface area contributed by atoms with Gasteiger partial charge >= 0.3 is 0 Å². The molecule has 4 heterocycles. The molecule has 0 fully saturated rings. The number of carbonyl (C=O) groups excluding carboxylic acids is 1. The fourth-order valence-corrected chi connectivity index (χ4v) is 3.97. The second-order valence-corrected chi connectivity index (χ2v) is 7.97. The van der Waals surface area contributed by atoms with Crippen LogP contribution in [-0.2, 0) is 6.54 Å². The Balaban J connectivity index is 1.32. The second-order valence-electron chi connectivity index (χ2n) is 7.97. The van der Waals surface area contributed by atoms with Crippen LogP contribution in [0.4, 0.5) is 0 Å². The number of pyridine rings is 1. The number of aryl methyl sites for hydroxylation is 1. The van der Waals surface area contributed by atoms with Crippen molar-refractivity contribution in [2.45, 2.75) is 13.5 Å². The SMILES string of the molecule is Cc1cccc(-c2[nH]c(CNC(=O)c3cc4ccccc4o3)nc2-c2ccc3c(c2)OCO3)n1. The molecule has 0 bridgehead atoms. The summed E-state index contributed by atoms with van der Waals surface area (Å²) in [6, 6.07) is 20.7. The Morgan fingerprint density at radius 2 is 1.88 bits per heavy atom. The standard InChI is InChI=1S/C26H20N4O4/c1-15-5-4-7-18(28-15)25-24(17-9-10-20-21(12-17)33-14-32-20)29-23(30-25)13-27-26(31)22-11-16-6-2-3-8-19(16)34-22/h2-12H,13-14H2,1H3,(H,27,31)(H,29,30). The van der Waals surface area contributed by atoms with Crippen molar-refractivity contribution in [3.63, 3.8) is 0 Å².